The van der Waals surface area contributed by atoms with E-state index in [2.05, 4.69) is 171 Å². The van der Waals surface area contributed by atoms with Crippen molar-refractivity contribution in [3.63, 3.8) is 0 Å². The molecule has 8 aliphatic heterocycles. The van der Waals surface area contributed by atoms with Crippen LogP contribution in [0.4, 0.5) is 0 Å². The van der Waals surface area contributed by atoms with E-state index in [-0.39, 0.29) is 86.1 Å². The van der Waals surface area contributed by atoms with E-state index in [4.69, 9.17) is 0 Å². The Morgan fingerprint density at radius 2 is 0.748 bits per heavy atom. The summed E-state index contributed by atoms with van der Waals surface area (Å²) in [7, 11) is 0. The second-order valence-corrected chi connectivity index (χ2v) is 41.7. The van der Waals surface area contributed by atoms with Gasteiger partial charge < -0.3 is 61.0 Å². The normalized spacial score (nSPS) is 29.3. The zero-order valence-electron chi connectivity index (χ0n) is 73.1. The molecular weight excluding hydrogens is 1970 g/mol. The number of halogens is 7. The number of nitrogens with zero attached hydrogens (tertiary/aromatic N) is 12. The van der Waals surface area contributed by atoms with E-state index in [1.165, 1.54) is 41.0 Å². The number of hydrogen-bond donors (Lipinski definition) is 8. The highest BCUT2D eigenvalue weighted by atomic mass is 80.9. The minimum Gasteiger partial charge on any atom is -0.314 e. The summed E-state index contributed by atoms with van der Waals surface area (Å²) in [4.78, 5) is 92.4. The number of ketones is 3. The van der Waals surface area contributed by atoms with Crippen molar-refractivity contribution in [2.75, 3.05) is 19.8 Å². The number of carbonyl (C=O) groups excluding carboxylic acids is 3. The summed E-state index contributed by atoms with van der Waals surface area (Å²) < 4.78 is 0. The lowest BCUT2D eigenvalue weighted by Crippen LogP contribution is -2.69. The Kier molecular flexibility index (Phi) is 43.4. The summed E-state index contributed by atoms with van der Waals surface area (Å²) in [5.74, 6) is 0.217. The zero-order valence-corrected chi connectivity index (χ0v) is 84.2. The van der Waals surface area contributed by atoms with Crippen LogP contribution in [0.3, 0.4) is 0 Å². The van der Waals surface area contributed by atoms with Crippen LogP contribution >= 0.6 is 104 Å². The van der Waals surface area contributed by atoms with Gasteiger partial charge >= 0.3 is 0 Å². The first-order chi connectivity index (χ1) is 50.5. The predicted octanol–water partition coefficient (Wildman–Crippen LogP) is 17.9. The third kappa shape index (κ3) is 28.5. The highest BCUT2D eigenvalue weighted by molar-refractivity contribution is 9.93. The third-order valence-corrected chi connectivity index (χ3v) is 28.0. The molecule has 0 amide bonds. The molecule has 678 valence electrons. The smallest absolute Gasteiger partial charge is 0.294 e. The molecule has 6 saturated heterocycles. The van der Waals surface area contributed by atoms with Crippen LogP contribution in [0.2, 0.25) is 0 Å². The lowest BCUT2D eigenvalue weighted by Gasteiger charge is -2.52. The number of hydrogen-bond acceptors (Lipinski definition) is 31. The molecule has 0 saturated carbocycles. The molecule has 0 aromatic heterocycles. The molecule has 0 aromatic carbocycles. The van der Waals surface area contributed by atoms with Gasteiger partial charge in [0.1, 0.15) is 37.5 Å². The van der Waals surface area contributed by atoms with Crippen molar-refractivity contribution in [1.82, 2.24) is 40.5 Å². The maximum absolute atomic E-state index is 11.9. The Morgan fingerprint density at radius 1 is 0.409 bits per heavy atom. The standard InChI is InChI=1S/C9H15Br2NO2.C9H16BrNO2.C9H17N3O7.C9H18N2O4.C9H16N2O4.C9H17NO2.C9H19NO.C9H17NO.CH4.2Br2/c1-8(2)6(10)5(13)7(11)9(3,4)12(8)14;1-8(2)5-6(12)7(10)9(3,4)11(8)13;1-8(2)6(5-18-11(14)15)7(19-12(16)17)9(3,4)10(8)13;2*1-8(2)5-7(6-15-11(13)14)9(3,4)10(8)12;1-8(2)5-7(11)6-9(3,4)10(8)12;2*1-7-6-8(2,3)10(11)9(7,4)5;;2*1-2/h6-7,14H,1-4H3;7,13H,5H2,1-4H3;6-7,13H,5H2,1-4H3;7,12H,5-6H2,1-4H3;5,12H,6H2,1-4H3;12H,5-6H2,1-4H3;7,11H,6H2,1-5H3;6,11H,1-5H3;1H4;;. The summed E-state index contributed by atoms with van der Waals surface area (Å²) in [5.41, 5.74) is -5.73. The fraction of sp³-hybridized carbons (Fsp3) is 0.904. The van der Waals surface area contributed by atoms with E-state index in [0.717, 1.165) is 11.5 Å². The van der Waals surface area contributed by atoms with Crippen LogP contribution in [-0.2, 0) is 33.7 Å². The molecule has 7 atom stereocenters. The zero-order chi connectivity index (χ0) is 91.8. The van der Waals surface area contributed by atoms with Gasteiger partial charge in [0, 0.05) is 132 Å². The first-order valence-electron chi connectivity index (χ1n) is 36.8. The molecule has 7 unspecified atom stereocenters. The van der Waals surface area contributed by atoms with Crippen LogP contribution in [0.25, 0.3) is 0 Å². The van der Waals surface area contributed by atoms with E-state index in [1.807, 2.05) is 152 Å². The quantitative estimate of drug-likeness (QED) is 0.0412. The van der Waals surface area contributed by atoms with Crippen molar-refractivity contribution >= 4 is 122 Å². The lowest BCUT2D eigenvalue weighted by molar-refractivity contribution is -0.778. The van der Waals surface area contributed by atoms with E-state index in [0.29, 0.717) is 37.2 Å². The Labute approximate surface area is 737 Å². The van der Waals surface area contributed by atoms with Crippen LogP contribution in [-0.4, -0.2) is 249 Å². The molecule has 115 heavy (non-hydrogen) atoms. The van der Waals surface area contributed by atoms with Crippen LogP contribution in [0.5, 0.6) is 0 Å². The maximum Gasteiger partial charge on any atom is 0.294 e. The van der Waals surface area contributed by atoms with Crippen molar-refractivity contribution in [2.45, 2.75) is 384 Å². The molecule has 8 heterocycles. The molecule has 35 nitrogen and oxygen atoms in total. The number of alkyl halides is 3. The average Bonchev–Trinajstić information content (AvgIpc) is 1.72. The number of carbonyl (C=O) groups is 3. The summed E-state index contributed by atoms with van der Waals surface area (Å²) in [5, 5.41) is 127. The minimum atomic E-state index is -1.08. The van der Waals surface area contributed by atoms with Crippen molar-refractivity contribution in [1.29, 1.82) is 0 Å². The van der Waals surface area contributed by atoms with Crippen molar-refractivity contribution in [3.05, 3.63) is 63.8 Å². The third-order valence-electron chi connectivity index (χ3n) is 23.2. The number of piperidine rings is 3. The number of rotatable bonds is 11. The molecule has 0 spiro atoms. The first kappa shape index (κ1) is 117. The predicted molar refractivity (Wildman–Crippen MR) is 462 cm³/mol. The van der Waals surface area contributed by atoms with Crippen LogP contribution in [0.15, 0.2) is 23.3 Å². The largest absolute Gasteiger partial charge is 0.314 e. The highest BCUT2D eigenvalue weighted by Crippen LogP contribution is 2.49. The van der Waals surface area contributed by atoms with Crippen molar-refractivity contribution in [3.8, 4) is 0 Å². The van der Waals surface area contributed by atoms with E-state index in [1.54, 1.807) is 47.6 Å². The summed E-state index contributed by atoms with van der Waals surface area (Å²) in [6.45, 7) is 63.5. The summed E-state index contributed by atoms with van der Waals surface area (Å²) >= 11 is 21.0. The average molecular weight is 2110 g/mol. The van der Waals surface area contributed by atoms with E-state index >= 15 is 0 Å². The van der Waals surface area contributed by atoms with Crippen LogP contribution < -0.4 is 0 Å². The molecule has 0 aromatic rings. The molecule has 6 fully saturated rings. The molecule has 8 N–H and O–H groups in total. The molecule has 0 radical (unpaired) electrons. The monoisotopic (exact) mass is 2100 g/mol. The Morgan fingerprint density at radius 3 is 1.04 bits per heavy atom. The van der Waals surface area contributed by atoms with Gasteiger partial charge in [-0.05, 0) is 253 Å². The number of hydroxylamine groups is 16. The van der Waals surface area contributed by atoms with Crippen LogP contribution in [0, 0.1) is 58.2 Å². The topological polar surface area (TPSA) is 448 Å². The highest BCUT2D eigenvalue weighted by Gasteiger charge is 2.62. The van der Waals surface area contributed by atoms with Gasteiger partial charge in [-0.1, -0.05) is 79.9 Å². The van der Waals surface area contributed by atoms with E-state index in [9.17, 15) is 96.5 Å². The first-order valence-corrected chi connectivity index (χ1v) is 47.0. The Hall–Kier alpha value is -1.99. The van der Waals surface area contributed by atoms with Gasteiger partial charge in [0.2, 0.25) is 0 Å². The summed E-state index contributed by atoms with van der Waals surface area (Å²) in [6.07, 6.45) is 5.83. The van der Waals surface area contributed by atoms with Gasteiger partial charge in [0.25, 0.3) is 20.3 Å². The molecule has 0 aliphatic carbocycles. The van der Waals surface area contributed by atoms with Gasteiger partial charge in [0.15, 0.2) is 5.78 Å². The lowest BCUT2D eigenvalue weighted by atomic mass is 9.81. The molecule has 0 bridgehead atoms. The van der Waals surface area contributed by atoms with E-state index < -0.39 is 99.9 Å². The SMILES string of the molecule is BrBr.BrBr.C.CC1(C)C(Br)C(=O)C(Br)C(C)(C)N1O.CC1(C)C(CO[N+](=O)[O-])C(O[N+](=O)[O-])C(C)(C)N1O.CC1(C)C=C(CO[N+](=O)[O-])C(C)(C)N1O.CC1(C)CC(=O)C(Br)C(C)(C)N1O.CC1(C)CC(=O)CC(C)(C)N1O.CC1(C)CC(CO[N+](=O)[O-])C(C)(C)N1O.CC1=CC(C)(C)N(O)C1(C)C.CC1CC(C)(C)N(O)C1(C)C. The maximum atomic E-state index is 11.9. The molecule has 8 aliphatic rings. The van der Waals surface area contributed by atoms with Gasteiger partial charge in [-0.25, -0.2) is 0 Å². The minimum absolute atomic E-state index is 0. The molecule has 42 heteroatoms. The second-order valence-electron chi connectivity index (χ2n) is 39.0. The Bertz CT molecular complexity index is 3280. The van der Waals surface area contributed by atoms with Gasteiger partial charge in [-0.3, -0.25) is 14.4 Å². The fourth-order valence-corrected chi connectivity index (χ4v) is 17.8. The van der Waals surface area contributed by atoms with Crippen molar-refractivity contribution in [2.24, 2.45) is 17.8 Å². The van der Waals surface area contributed by atoms with Crippen molar-refractivity contribution < 1.29 is 95.7 Å². The van der Waals surface area contributed by atoms with Crippen LogP contribution in [0.1, 0.15) is 275 Å². The fourth-order valence-electron chi connectivity index (χ4n) is 16.2. The molecular formula is C73H139Br7N12O23. The second kappa shape index (κ2) is 42.6. The number of Topliss-reactive ketones (excluding diaryl/α,β-unsaturated/α-hetero) is 3. The summed E-state index contributed by atoms with van der Waals surface area (Å²) in [6, 6.07) is 0. The van der Waals surface area contributed by atoms with Gasteiger partial charge in [-0.2, -0.15) is 40.5 Å². The van der Waals surface area contributed by atoms with Gasteiger partial charge in [-0.15, -0.1) is 40.5 Å². The Balaban J connectivity index is -0.00000124. The molecule has 8 rings (SSSR count). The van der Waals surface area contributed by atoms with Gasteiger partial charge in [0.05, 0.1) is 58.8 Å².